The van der Waals surface area contributed by atoms with Gasteiger partial charge in [0.1, 0.15) is 0 Å². The fourth-order valence-electron chi connectivity index (χ4n) is 2.78. The number of nitro benzene ring substituents is 1. The number of nitrogens with one attached hydrogen (secondary N) is 1. The van der Waals surface area contributed by atoms with E-state index >= 15 is 0 Å². The molecule has 1 fully saturated rings. The Morgan fingerprint density at radius 2 is 2.04 bits per heavy atom. The summed E-state index contributed by atoms with van der Waals surface area (Å²) in [4.78, 5) is 12.2. The highest BCUT2D eigenvalue weighted by molar-refractivity contribution is 7.89. The van der Waals surface area contributed by atoms with E-state index in [2.05, 4.69) is 9.62 Å². The van der Waals surface area contributed by atoms with Crippen LogP contribution < -0.4 is 4.72 Å². The van der Waals surface area contributed by atoms with Crippen molar-refractivity contribution in [3.05, 3.63) is 33.3 Å². The molecule has 1 aliphatic rings. The molecule has 1 aromatic carbocycles. The van der Waals surface area contributed by atoms with E-state index in [1.807, 2.05) is 6.92 Å². The molecule has 9 heteroatoms. The topological polar surface area (TPSA) is 92.5 Å². The predicted octanol–water partition coefficient (Wildman–Crippen LogP) is 2.40. The second-order valence-electron chi connectivity index (χ2n) is 5.53. The molecule has 7 nitrogen and oxygen atoms in total. The van der Waals surface area contributed by atoms with Crippen molar-refractivity contribution in [3.8, 4) is 0 Å². The van der Waals surface area contributed by atoms with Gasteiger partial charge in [-0.3, -0.25) is 15.0 Å². The van der Waals surface area contributed by atoms with Crippen LogP contribution in [0.5, 0.6) is 0 Å². The van der Waals surface area contributed by atoms with Crippen molar-refractivity contribution < 1.29 is 13.3 Å². The van der Waals surface area contributed by atoms with Crippen LogP contribution in [0.15, 0.2) is 23.1 Å². The van der Waals surface area contributed by atoms with Crippen LogP contribution in [0, 0.1) is 10.1 Å². The molecule has 0 aliphatic carbocycles. The lowest BCUT2D eigenvalue weighted by Crippen LogP contribution is -2.42. The van der Waals surface area contributed by atoms with Crippen LogP contribution >= 0.6 is 11.6 Å². The summed E-state index contributed by atoms with van der Waals surface area (Å²) in [5, 5.41) is 11.2. The number of hydrogen-bond donors (Lipinski definition) is 1. The first-order valence-electron chi connectivity index (χ1n) is 7.53. The SMILES string of the molecule is CC[C@H](CNS(=O)(=O)c1ccc(Cl)cc1[N+](=O)[O-])N1CCCC1. The summed E-state index contributed by atoms with van der Waals surface area (Å²) in [5.41, 5.74) is -0.515. The van der Waals surface area contributed by atoms with Crippen LogP contribution in [0.4, 0.5) is 5.69 Å². The molecule has 1 saturated heterocycles. The van der Waals surface area contributed by atoms with Gasteiger partial charge in [0.25, 0.3) is 5.69 Å². The quantitative estimate of drug-likeness (QED) is 0.594. The average molecular weight is 362 g/mol. The third-order valence-electron chi connectivity index (χ3n) is 4.04. The van der Waals surface area contributed by atoms with Crippen molar-refractivity contribution in [2.24, 2.45) is 0 Å². The molecule has 1 N–H and O–H groups in total. The Bertz CT molecular complexity index is 675. The summed E-state index contributed by atoms with van der Waals surface area (Å²) in [6.07, 6.45) is 3.04. The molecule has 0 unspecified atom stereocenters. The molecule has 0 aromatic heterocycles. The maximum Gasteiger partial charge on any atom is 0.290 e. The molecule has 0 amide bonds. The fourth-order valence-corrected chi connectivity index (χ4v) is 4.17. The van der Waals surface area contributed by atoms with Gasteiger partial charge in [-0.2, -0.15) is 0 Å². The van der Waals surface area contributed by atoms with Gasteiger partial charge in [0, 0.05) is 23.7 Å². The van der Waals surface area contributed by atoms with E-state index in [-0.39, 0.29) is 22.5 Å². The molecular weight excluding hydrogens is 342 g/mol. The van der Waals surface area contributed by atoms with Gasteiger partial charge in [0.2, 0.25) is 10.0 Å². The lowest BCUT2D eigenvalue weighted by Gasteiger charge is -2.26. The van der Waals surface area contributed by atoms with Gasteiger partial charge >= 0.3 is 0 Å². The average Bonchev–Trinajstić information content (AvgIpc) is 3.01. The Kier molecular flexibility index (Phi) is 5.96. The summed E-state index contributed by atoms with van der Waals surface area (Å²) in [6.45, 7) is 4.16. The van der Waals surface area contributed by atoms with Gasteiger partial charge in [-0.1, -0.05) is 18.5 Å². The molecule has 0 saturated carbocycles. The molecule has 128 valence electrons. The molecule has 2 rings (SSSR count). The van der Waals surface area contributed by atoms with Crippen molar-refractivity contribution in [1.82, 2.24) is 9.62 Å². The summed E-state index contributed by atoms with van der Waals surface area (Å²) >= 11 is 5.72. The number of rotatable bonds is 7. The minimum atomic E-state index is -3.96. The van der Waals surface area contributed by atoms with E-state index in [1.54, 1.807) is 0 Å². The maximum absolute atomic E-state index is 12.4. The lowest BCUT2D eigenvalue weighted by molar-refractivity contribution is -0.387. The maximum atomic E-state index is 12.4. The molecule has 1 aliphatic heterocycles. The second-order valence-corrected chi connectivity index (χ2v) is 7.70. The summed E-state index contributed by atoms with van der Waals surface area (Å²) in [7, 11) is -3.96. The van der Waals surface area contributed by atoms with Crippen LogP contribution in [0.2, 0.25) is 5.02 Å². The van der Waals surface area contributed by atoms with Gasteiger partial charge in [0.05, 0.1) is 4.92 Å². The van der Waals surface area contributed by atoms with E-state index in [0.29, 0.717) is 0 Å². The Hall–Kier alpha value is -1.22. The van der Waals surface area contributed by atoms with E-state index < -0.39 is 20.6 Å². The standard InChI is InChI=1S/C14H20ClN3O4S/c1-2-12(17-7-3-4-8-17)10-16-23(21,22)14-6-5-11(15)9-13(14)18(19)20/h5-6,9,12,16H,2-4,7-8,10H2,1H3/t12-/m1/s1. The zero-order valence-corrected chi connectivity index (χ0v) is 14.4. The Labute approximate surface area is 140 Å². The Balaban J connectivity index is 2.17. The van der Waals surface area contributed by atoms with Gasteiger partial charge in [-0.05, 0) is 44.5 Å². The molecule has 0 radical (unpaired) electrons. The monoisotopic (exact) mass is 361 g/mol. The normalized spacial score (nSPS) is 17.3. The van der Waals surface area contributed by atoms with Crippen LogP contribution in [0.1, 0.15) is 26.2 Å². The highest BCUT2D eigenvalue weighted by atomic mass is 35.5. The largest absolute Gasteiger partial charge is 0.299 e. The number of benzene rings is 1. The number of halogens is 1. The van der Waals surface area contributed by atoms with E-state index in [9.17, 15) is 18.5 Å². The number of nitrogens with zero attached hydrogens (tertiary/aromatic N) is 2. The Morgan fingerprint density at radius 1 is 1.39 bits per heavy atom. The summed E-state index contributed by atoms with van der Waals surface area (Å²) in [6, 6.07) is 3.65. The first-order chi connectivity index (χ1) is 10.8. The van der Waals surface area contributed by atoms with Gasteiger partial charge in [0.15, 0.2) is 4.90 Å². The molecule has 1 atom stereocenters. The van der Waals surface area contributed by atoms with E-state index in [0.717, 1.165) is 38.4 Å². The summed E-state index contributed by atoms with van der Waals surface area (Å²) < 4.78 is 27.4. The number of hydrogen-bond acceptors (Lipinski definition) is 5. The first-order valence-corrected chi connectivity index (χ1v) is 9.39. The molecular formula is C14H20ClN3O4S. The number of nitro groups is 1. The highest BCUT2D eigenvalue weighted by Gasteiger charge is 2.28. The van der Waals surface area contributed by atoms with Crippen molar-refractivity contribution in [1.29, 1.82) is 0 Å². The number of sulfonamides is 1. The predicted molar refractivity (Wildman–Crippen MR) is 88.2 cm³/mol. The first kappa shape index (κ1) is 18.1. The van der Waals surface area contributed by atoms with Crippen LogP contribution in [-0.4, -0.2) is 43.9 Å². The number of likely N-dealkylation sites (tertiary alicyclic amines) is 1. The zero-order chi connectivity index (χ0) is 17.0. The van der Waals surface area contributed by atoms with E-state index in [4.69, 9.17) is 11.6 Å². The highest BCUT2D eigenvalue weighted by Crippen LogP contribution is 2.27. The van der Waals surface area contributed by atoms with Crippen molar-refractivity contribution in [2.75, 3.05) is 19.6 Å². The Morgan fingerprint density at radius 3 is 2.61 bits per heavy atom. The summed E-state index contributed by atoms with van der Waals surface area (Å²) in [5.74, 6) is 0. The van der Waals surface area contributed by atoms with Crippen molar-refractivity contribution in [3.63, 3.8) is 0 Å². The minimum absolute atomic E-state index is 0.0960. The van der Waals surface area contributed by atoms with Gasteiger partial charge in [-0.15, -0.1) is 0 Å². The minimum Gasteiger partial charge on any atom is -0.299 e. The zero-order valence-electron chi connectivity index (χ0n) is 12.9. The van der Waals surface area contributed by atoms with E-state index in [1.165, 1.54) is 12.1 Å². The van der Waals surface area contributed by atoms with Crippen LogP contribution in [0.3, 0.4) is 0 Å². The molecule has 0 bridgehead atoms. The second kappa shape index (κ2) is 7.57. The van der Waals surface area contributed by atoms with Crippen molar-refractivity contribution >= 4 is 27.3 Å². The van der Waals surface area contributed by atoms with Crippen LogP contribution in [0.25, 0.3) is 0 Å². The van der Waals surface area contributed by atoms with Gasteiger partial charge in [-0.25, -0.2) is 13.1 Å². The van der Waals surface area contributed by atoms with Crippen molar-refractivity contribution in [2.45, 2.75) is 37.1 Å². The van der Waals surface area contributed by atoms with Gasteiger partial charge < -0.3 is 0 Å². The third-order valence-corrected chi connectivity index (χ3v) is 5.75. The van der Waals surface area contributed by atoms with Crippen LogP contribution in [-0.2, 0) is 10.0 Å². The molecule has 23 heavy (non-hydrogen) atoms. The molecule has 1 aromatic rings. The molecule has 0 spiro atoms. The molecule has 1 heterocycles. The third kappa shape index (κ3) is 4.41. The smallest absolute Gasteiger partial charge is 0.290 e. The fraction of sp³-hybridized carbons (Fsp3) is 0.571. The lowest BCUT2D eigenvalue weighted by atomic mass is 10.2.